The minimum absolute atomic E-state index is 0.0979. The van der Waals surface area contributed by atoms with Gasteiger partial charge in [-0.05, 0) is 84.8 Å². The molecule has 0 radical (unpaired) electrons. The Labute approximate surface area is 176 Å². The number of rotatable bonds is 6. The summed E-state index contributed by atoms with van der Waals surface area (Å²) in [5, 5.41) is 21.2. The number of phenolic OH excluding ortho intramolecular Hbond substituents is 1. The van der Waals surface area contributed by atoms with Gasteiger partial charge in [0.05, 0.1) is 6.54 Å². The van der Waals surface area contributed by atoms with Crippen molar-refractivity contribution < 1.29 is 9.90 Å². The van der Waals surface area contributed by atoms with Crippen LogP contribution in [0, 0.1) is 6.92 Å². The van der Waals surface area contributed by atoms with E-state index >= 15 is 0 Å². The van der Waals surface area contributed by atoms with Gasteiger partial charge in [-0.3, -0.25) is 4.79 Å². The lowest BCUT2D eigenvalue weighted by Gasteiger charge is -2.36. The average molecular weight is 406 g/mol. The zero-order valence-corrected chi connectivity index (χ0v) is 17.2. The Balaban J connectivity index is 1.41. The van der Waals surface area contributed by atoms with Crippen molar-refractivity contribution >= 4 is 5.91 Å². The van der Waals surface area contributed by atoms with Crippen LogP contribution in [0.4, 0.5) is 0 Å². The summed E-state index contributed by atoms with van der Waals surface area (Å²) in [7, 11) is 0. The fraction of sp³-hybridized carbons (Fsp3) is 0.391. The monoisotopic (exact) mass is 405 g/mol. The largest absolute Gasteiger partial charge is 0.508 e. The number of piperidine rings is 1. The van der Waals surface area contributed by atoms with Crippen molar-refractivity contribution in [2.45, 2.75) is 51.6 Å². The number of aromatic hydroxyl groups is 1. The van der Waals surface area contributed by atoms with Crippen molar-refractivity contribution in [1.29, 1.82) is 0 Å². The Morgan fingerprint density at radius 3 is 2.70 bits per heavy atom. The number of hydrogen-bond acceptors (Lipinski definition) is 5. The first-order chi connectivity index (χ1) is 14.6. The van der Waals surface area contributed by atoms with Crippen LogP contribution >= 0.6 is 0 Å². The van der Waals surface area contributed by atoms with Gasteiger partial charge in [-0.15, -0.1) is 5.10 Å². The maximum Gasteiger partial charge on any atom is 0.254 e. The van der Waals surface area contributed by atoms with Crippen LogP contribution in [0.25, 0.3) is 0 Å². The van der Waals surface area contributed by atoms with Gasteiger partial charge in [0, 0.05) is 18.2 Å². The molecule has 1 fully saturated rings. The van der Waals surface area contributed by atoms with E-state index < -0.39 is 0 Å². The first-order valence-electron chi connectivity index (χ1n) is 10.5. The molecule has 7 heteroatoms. The fourth-order valence-corrected chi connectivity index (χ4v) is 4.10. The van der Waals surface area contributed by atoms with Gasteiger partial charge in [0.25, 0.3) is 5.91 Å². The second-order valence-corrected chi connectivity index (χ2v) is 7.94. The predicted octanol–water partition coefficient (Wildman–Crippen LogP) is 3.36. The second kappa shape index (κ2) is 9.07. The van der Waals surface area contributed by atoms with Gasteiger partial charge in [0.2, 0.25) is 0 Å². The summed E-state index contributed by atoms with van der Waals surface area (Å²) in [6.45, 7) is 3.25. The van der Waals surface area contributed by atoms with E-state index in [1.165, 1.54) is 0 Å². The summed E-state index contributed by atoms with van der Waals surface area (Å²) in [5.74, 6) is 1.15. The average Bonchev–Trinajstić information content (AvgIpc) is 3.17. The number of hydrogen-bond donors (Lipinski definition) is 1. The number of likely N-dealkylation sites (tertiary alicyclic amines) is 1. The molecular formula is C23H27N5O2. The van der Waals surface area contributed by atoms with Crippen molar-refractivity contribution in [1.82, 2.24) is 25.1 Å². The minimum atomic E-state index is 0.0979. The van der Waals surface area contributed by atoms with Gasteiger partial charge in [-0.25, -0.2) is 4.68 Å². The van der Waals surface area contributed by atoms with Crippen LogP contribution in [0.3, 0.4) is 0 Å². The van der Waals surface area contributed by atoms with Crippen LogP contribution in [0.2, 0.25) is 0 Å². The lowest BCUT2D eigenvalue weighted by atomic mass is 9.95. The van der Waals surface area contributed by atoms with Gasteiger partial charge < -0.3 is 10.0 Å². The second-order valence-electron chi connectivity index (χ2n) is 7.94. The summed E-state index contributed by atoms with van der Waals surface area (Å²) >= 11 is 0. The molecule has 156 valence electrons. The summed E-state index contributed by atoms with van der Waals surface area (Å²) in [4.78, 5) is 15.2. The van der Waals surface area contributed by atoms with Gasteiger partial charge in [-0.2, -0.15) is 0 Å². The van der Waals surface area contributed by atoms with Crippen molar-refractivity contribution in [2.75, 3.05) is 6.54 Å². The molecule has 1 amide bonds. The molecule has 0 bridgehead atoms. The smallest absolute Gasteiger partial charge is 0.254 e. The maximum atomic E-state index is 13.2. The molecule has 1 aliphatic rings. The molecular weight excluding hydrogens is 378 g/mol. The zero-order chi connectivity index (χ0) is 20.9. The van der Waals surface area contributed by atoms with Crippen LogP contribution in [0.1, 0.15) is 53.0 Å². The first-order valence-corrected chi connectivity index (χ1v) is 10.5. The van der Waals surface area contributed by atoms with Crippen LogP contribution in [-0.2, 0) is 13.0 Å². The van der Waals surface area contributed by atoms with Crippen molar-refractivity contribution in [3.63, 3.8) is 0 Å². The summed E-state index contributed by atoms with van der Waals surface area (Å²) in [5.41, 5.74) is 2.88. The number of carbonyl (C=O) groups excluding carboxylic acids is 1. The molecule has 7 nitrogen and oxygen atoms in total. The van der Waals surface area contributed by atoms with Gasteiger partial charge in [0.15, 0.2) is 0 Å². The molecule has 1 unspecified atom stereocenters. The Kier molecular flexibility index (Phi) is 6.07. The summed E-state index contributed by atoms with van der Waals surface area (Å²) in [6, 6.07) is 15.4. The molecule has 4 rings (SSSR count). The third-order valence-corrected chi connectivity index (χ3v) is 5.81. The third-order valence-electron chi connectivity index (χ3n) is 5.81. The lowest BCUT2D eigenvalue weighted by Crippen LogP contribution is -2.44. The number of amides is 1. The highest BCUT2D eigenvalue weighted by atomic mass is 16.3. The zero-order valence-electron chi connectivity index (χ0n) is 17.2. The molecule has 30 heavy (non-hydrogen) atoms. The molecule has 0 aliphatic carbocycles. The van der Waals surface area contributed by atoms with E-state index in [-0.39, 0.29) is 11.9 Å². The van der Waals surface area contributed by atoms with E-state index in [1.54, 1.807) is 16.8 Å². The van der Waals surface area contributed by atoms with E-state index in [9.17, 15) is 9.90 Å². The van der Waals surface area contributed by atoms with Gasteiger partial charge in [-0.1, -0.05) is 24.3 Å². The molecule has 1 N–H and O–H groups in total. The fourth-order valence-electron chi connectivity index (χ4n) is 4.10. The minimum Gasteiger partial charge on any atom is -0.508 e. The van der Waals surface area contributed by atoms with E-state index in [1.807, 2.05) is 48.2 Å². The van der Waals surface area contributed by atoms with Crippen LogP contribution in [0.15, 0.2) is 48.5 Å². The Hall–Kier alpha value is -3.22. The van der Waals surface area contributed by atoms with Crippen LogP contribution in [0.5, 0.6) is 5.75 Å². The SMILES string of the molecule is Cc1nnnn1Cc1ccc(C(=O)N2CCCCC2CCc2cccc(O)c2)cc1. The first kappa shape index (κ1) is 20.1. The Bertz CT molecular complexity index is 999. The van der Waals surface area contributed by atoms with Gasteiger partial charge in [0.1, 0.15) is 11.6 Å². The standard InChI is InChI=1S/C23H27N5O2/c1-17-24-25-26-28(17)16-19-8-11-20(12-9-19)23(30)27-14-3-2-6-21(27)13-10-18-5-4-7-22(29)15-18/h4-5,7-9,11-12,15,21,29H,2-3,6,10,13-14,16H2,1H3. The van der Waals surface area contributed by atoms with Crippen molar-refractivity contribution in [3.8, 4) is 5.75 Å². The highest BCUT2D eigenvalue weighted by Crippen LogP contribution is 2.24. The van der Waals surface area contributed by atoms with E-state index in [4.69, 9.17) is 0 Å². The lowest BCUT2D eigenvalue weighted by molar-refractivity contribution is 0.0602. The number of benzene rings is 2. The molecule has 2 aromatic carbocycles. The third kappa shape index (κ3) is 4.67. The number of aryl methyl sites for hydroxylation is 2. The molecule has 2 heterocycles. The highest BCUT2D eigenvalue weighted by Gasteiger charge is 2.27. The molecule has 0 saturated carbocycles. The topological polar surface area (TPSA) is 84.1 Å². The number of phenols is 1. The van der Waals surface area contributed by atoms with Crippen molar-refractivity contribution in [3.05, 3.63) is 71.0 Å². The maximum absolute atomic E-state index is 13.2. The molecule has 1 aromatic heterocycles. The quantitative estimate of drug-likeness (QED) is 0.680. The Morgan fingerprint density at radius 2 is 1.97 bits per heavy atom. The number of tetrazole rings is 1. The molecule has 1 aliphatic heterocycles. The van der Waals surface area contributed by atoms with Gasteiger partial charge >= 0.3 is 0 Å². The molecule has 3 aromatic rings. The van der Waals surface area contributed by atoms with E-state index in [0.717, 1.165) is 61.2 Å². The predicted molar refractivity (Wildman–Crippen MR) is 113 cm³/mol. The van der Waals surface area contributed by atoms with E-state index in [2.05, 4.69) is 15.5 Å². The van der Waals surface area contributed by atoms with Crippen molar-refractivity contribution in [2.24, 2.45) is 0 Å². The number of nitrogens with zero attached hydrogens (tertiary/aromatic N) is 5. The number of aromatic nitrogens is 4. The molecule has 1 atom stereocenters. The summed E-state index contributed by atoms with van der Waals surface area (Å²) < 4.78 is 1.73. The normalized spacial score (nSPS) is 16.6. The van der Waals surface area contributed by atoms with Crippen LogP contribution < -0.4 is 0 Å². The van der Waals surface area contributed by atoms with E-state index in [0.29, 0.717) is 12.3 Å². The highest BCUT2D eigenvalue weighted by molar-refractivity contribution is 5.94. The van der Waals surface area contributed by atoms with Crippen LogP contribution in [-0.4, -0.2) is 48.7 Å². The number of carbonyl (C=O) groups is 1. The Morgan fingerprint density at radius 1 is 1.13 bits per heavy atom. The molecule has 1 saturated heterocycles. The molecule has 0 spiro atoms. The summed E-state index contributed by atoms with van der Waals surface area (Å²) in [6.07, 6.45) is 4.99.